The van der Waals surface area contributed by atoms with Gasteiger partial charge in [0, 0.05) is 18.2 Å². The van der Waals surface area contributed by atoms with Crippen molar-refractivity contribution in [2.75, 3.05) is 25.0 Å². The molecule has 32 heavy (non-hydrogen) atoms. The standard InChI is InChI=1S/C21H19F7N2O2/c1-29-8-2-3-14(29)11-30(19(31)32)18-7-5-13(22)10-16(18)15-6-4-12(20(23,24)25)9-17(15)21(26,27)28/h4-7,9-10,14H,2-3,8,11H2,1H3,(H,31,32)/t14-/m0/s1. The Balaban J connectivity index is 2.18. The molecule has 4 nitrogen and oxygen atoms in total. The van der Waals surface area contributed by atoms with Gasteiger partial charge < -0.3 is 10.0 Å². The summed E-state index contributed by atoms with van der Waals surface area (Å²) in [7, 11) is 1.78. The van der Waals surface area contributed by atoms with Crippen LogP contribution < -0.4 is 4.90 Å². The lowest BCUT2D eigenvalue weighted by Crippen LogP contribution is -2.41. The number of amides is 1. The third-order valence-corrected chi connectivity index (χ3v) is 5.49. The minimum absolute atomic E-state index is 0.0557. The first-order valence-electron chi connectivity index (χ1n) is 9.58. The zero-order valence-corrected chi connectivity index (χ0v) is 16.8. The molecule has 1 aliphatic rings. The van der Waals surface area contributed by atoms with E-state index in [2.05, 4.69) is 0 Å². The molecular formula is C21H19F7N2O2. The van der Waals surface area contributed by atoms with E-state index in [4.69, 9.17) is 0 Å². The first-order chi connectivity index (χ1) is 14.8. The number of likely N-dealkylation sites (tertiary alicyclic amines) is 1. The Morgan fingerprint density at radius 3 is 2.28 bits per heavy atom. The Labute approximate surface area is 178 Å². The molecule has 1 aliphatic heterocycles. The molecule has 0 spiro atoms. The highest BCUT2D eigenvalue weighted by Crippen LogP contribution is 2.43. The van der Waals surface area contributed by atoms with Crippen LogP contribution in [-0.4, -0.2) is 42.3 Å². The average molecular weight is 464 g/mol. The number of carbonyl (C=O) groups is 1. The second-order valence-corrected chi connectivity index (χ2v) is 7.59. The van der Waals surface area contributed by atoms with E-state index in [1.54, 1.807) is 7.05 Å². The van der Waals surface area contributed by atoms with Gasteiger partial charge in [0.05, 0.1) is 16.8 Å². The highest BCUT2D eigenvalue weighted by Gasteiger charge is 2.39. The van der Waals surface area contributed by atoms with E-state index in [9.17, 15) is 40.6 Å². The number of hydrogen-bond acceptors (Lipinski definition) is 2. The second kappa shape index (κ2) is 8.61. The van der Waals surface area contributed by atoms with Gasteiger partial charge in [0.15, 0.2) is 0 Å². The van der Waals surface area contributed by atoms with Crippen molar-refractivity contribution in [2.45, 2.75) is 31.2 Å². The average Bonchev–Trinajstić information content (AvgIpc) is 3.09. The summed E-state index contributed by atoms with van der Waals surface area (Å²) in [5, 5.41) is 9.74. The lowest BCUT2D eigenvalue weighted by molar-refractivity contribution is -0.142. The molecular weight excluding hydrogens is 445 g/mol. The number of nitrogens with zero attached hydrogens (tertiary/aromatic N) is 2. The molecule has 1 fully saturated rings. The number of halogens is 7. The van der Waals surface area contributed by atoms with E-state index in [1.165, 1.54) is 0 Å². The fourth-order valence-corrected chi connectivity index (χ4v) is 3.85. The maximum atomic E-state index is 14.0. The summed E-state index contributed by atoms with van der Waals surface area (Å²) in [5.41, 5.74) is -4.61. The molecule has 2 aromatic carbocycles. The molecule has 0 radical (unpaired) electrons. The largest absolute Gasteiger partial charge is 0.465 e. The van der Waals surface area contributed by atoms with Crippen LogP contribution in [0.1, 0.15) is 24.0 Å². The van der Waals surface area contributed by atoms with Crippen molar-refractivity contribution in [1.82, 2.24) is 4.90 Å². The summed E-state index contributed by atoms with van der Waals surface area (Å²) >= 11 is 0. The number of benzene rings is 2. The topological polar surface area (TPSA) is 43.8 Å². The Kier molecular flexibility index (Phi) is 6.41. The molecule has 3 rings (SSSR count). The van der Waals surface area contributed by atoms with E-state index in [0.29, 0.717) is 31.2 Å². The van der Waals surface area contributed by atoms with Gasteiger partial charge in [-0.2, -0.15) is 26.3 Å². The van der Waals surface area contributed by atoms with Crippen molar-refractivity contribution in [3.05, 3.63) is 53.3 Å². The second-order valence-electron chi connectivity index (χ2n) is 7.59. The molecule has 1 atom stereocenters. The van der Waals surface area contributed by atoms with Gasteiger partial charge in [-0.05, 0) is 62.3 Å². The molecule has 1 amide bonds. The third-order valence-electron chi connectivity index (χ3n) is 5.49. The van der Waals surface area contributed by atoms with Gasteiger partial charge in [-0.15, -0.1) is 0 Å². The lowest BCUT2D eigenvalue weighted by atomic mass is 9.95. The predicted molar refractivity (Wildman–Crippen MR) is 103 cm³/mol. The molecule has 0 aromatic heterocycles. The summed E-state index contributed by atoms with van der Waals surface area (Å²) in [6.45, 7) is 0.623. The minimum atomic E-state index is -5.19. The molecule has 0 saturated carbocycles. The summed E-state index contributed by atoms with van der Waals surface area (Å²) in [4.78, 5) is 14.7. The lowest BCUT2D eigenvalue weighted by Gasteiger charge is -2.29. The summed E-state index contributed by atoms with van der Waals surface area (Å²) in [6, 6.07) is 3.39. The van der Waals surface area contributed by atoms with Crippen LogP contribution in [0, 0.1) is 5.82 Å². The number of alkyl halides is 6. The van der Waals surface area contributed by atoms with Crippen molar-refractivity contribution in [3.63, 3.8) is 0 Å². The van der Waals surface area contributed by atoms with Crippen molar-refractivity contribution < 1.29 is 40.6 Å². The van der Waals surface area contributed by atoms with Crippen molar-refractivity contribution in [3.8, 4) is 11.1 Å². The molecule has 1 N–H and O–H groups in total. The van der Waals surface area contributed by atoms with Crippen LogP contribution >= 0.6 is 0 Å². The van der Waals surface area contributed by atoms with Gasteiger partial charge in [0.1, 0.15) is 5.82 Å². The van der Waals surface area contributed by atoms with Gasteiger partial charge in [0.25, 0.3) is 0 Å². The van der Waals surface area contributed by atoms with E-state index < -0.39 is 46.5 Å². The number of likely N-dealkylation sites (N-methyl/N-ethyl adjacent to an activating group) is 1. The van der Waals surface area contributed by atoms with Crippen molar-refractivity contribution in [1.29, 1.82) is 0 Å². The van der Waals surface area contributed by atoms with Crippen LogP contribution in [0.3, 0.4) is 0 Å². The Hall–Kier alpha value is -2.82. The number of anilines is 1. The number of carboxylic acid groups (broad SMARTS) is 1. The first-order valence-corrected chi connectivity index (χ1v) is 9.58. The molecule has 174 valence electrons. The smallest absolute Gasteiger partial charge is 0.417 e. The fourth-order valence-electron chi connectivity index (χ4n) is 3.85. The zero-order chi connectivity index (χ0) is 23.8. The quantitative estimate of drug-likeness (QED) is 0.556. The van der Waals surface area contributed by atoms with Crippen LogP contribution in [-0.2, 0) is 12.4 Å². The van der Waals surface area contributed by atoms with Crippen LogP contribution in [0.25, 0.3) is 11.1 Å². The Bertz CT molecular complexity index is 1000. The Morgan fingerprint density at radius 2 is 1.75 bits per heavy atom. The zero-order valence-electron chi connectivity index (χ0n) is 16.8. The molecule has 1 saturated heterocycles. The minimum Gasteiger partial charge on any atom is -0.465 e. The van der Waals surface area contributed by atoms with Gasteiger partial charge >= 0.3 is 18.4 Å². The molecule has 1 heterocycles. The molecule has 11 heteroatoms. The van der Waals surface area contributed by atoms with Crippen molar-refractivity contribution >= 4 is 11.8 Å². The maximum absolute atomic E-state index is 14.0. The SMILES string of the molecule is CN1CCC[C@H]1CN(C(=O)O)c1ccc(F)cc1-c1ccc(C(F)(F)F)cc1C(F)(F)F. The Morgan fingerprint density at radius 1 is 1.06 bits per heavy atom. The number of rotatable bonds is 4. The van der Waals surface area contributed by atoms with E-state index in [0.717, 1.165) is 23.5 Å². The molecule has 2 aromatic rings. The van der Waals surface area contributed by atoms with Crippen molar-refractivity contribution in [2.24, 2.45) is 0 Å². The fraction of sp³-hybridized carbons (Fsp3) is 0.381. The van der Waals surface area contributed by atoms with Crippen LogP contribution in [0.4, 0.5) is 41.2 Å². The monoisotopic (exact) mass is 464 g/mol. The van der Waals surface area contributed by atoms with Gasteiger partial charge in [-0.3, -0.25) is 4.90 Å². The van der Waals surface area contributed by atoms with Crippen LogP contribution in [0.2, 0.25) is 0 Å². The van der Waals surface area contributed by atoms with Crippen LogP contribution in [0.15, 0.2) is 36.4 Å². The summed E-state index contributed by atoms with van der Waals surface area (Å²) in [5.74, 6) is -0.958. The van der Waals surface area contributed by atoms with Gasteiger partial charge in [-0.1, -0.05) is 6.07 Å². The highest BCUT2D eigenvalue weighted by molar-refractivity contribution is 5.93. The van der Waals surface area contributed by atoms with E-state index in [-0.39, 0.29) is 24.3 Å². The van der Waals surface area contributed by atoms with Gasteiger partial charge in [0.2, 0.25) is 0 Å². The van der Waals surface area contributed by atoms with Crippen LogP contribution in [0.5, 0.6) is 0 Å². The molecule has 0 unspecified atom stereocenters. The molecule has 0 bridgehead atoms. The summed E-state index contributed by atoms with van der Waals surface area (Å²) in [6.07, 6.45) is -10.2. The summed E-state index contributed by atoms with van der Waals surface area (Å²) < 4.78 is 94.1. The third kappa shape index (κ3) is 4.98. The van der Waals surface area contributed by atoms with Gasteiger partial charge in [-0.25, -0.2) is 9.18 Å². The van der Waals surface area contributed by atoms with E-state index in [1.807, 2.05) is 4.90 Å². The normalized spacial score (nSPS) is 17.6. The predicted octanol–water partition coefficient (Wildman–Crippen LogP) is 6.11. The number of hydrogen-bond donors (Lipinski definition) is 1. The maximum Gasteiger partial charge on any atom is 0.417 e. The van der Waals surface area contributed by atoms with E-state index >= 15 is 0 Å². The molecule has 0 aliphatic carbocycles. The first kappa shape index (κ1) is 23.8. The highest BCUT2D eigenvalue weighted by atomic mass is 19.4.